The molecule has 1 saturated carbocycles. The molecule has 1 aromatic heterocycles. The van der Waals surface area contributed by atoms with Crippen molar-refractivity contribution in [2.75, 3.05) is 0 Å². The molecular weight excluding hydrogens is 373 g/mol. The molecule has 0 spiro atoms. The van der Waals surface area contributed by atoms with Gasteiger partial charge in [-0.15, -0.1) is 0 Å². The van der Waals surface area contributed by atoms with E-state index < -0.39 is 23.5 Å². The summed E-state index contributed by atoms with van der Waals surface area (Å²) in [4.78, 5) is 25.4. The largest absolute Gasteiger partial charge is 0.505 e. The number of aromatic hydroxyl groups is 1. The fourth-order valence-corrected chi connectivity index (χ4v) is 4.26. The maximum Gasteiger partial charge on any atom is 0.311 e. The van der Waals surface area contributed by atoms with E-state index in [1.165, 1.54) is 10.6 Å². The molecule has 1 aliphatic carbocycles. The number of hydrogen-bond donors (Lipinski definition) is 2. The molecular formula is C23H22FNO4. The third kappa shape index (κ3) is 3.09. The molecule has 1 unspecified atom stereocenters. The molecule has 29 heavy (non-hydrogen) atoms. The number of rotatable bonds is 4. The number of aromatic nitrogens is 1. The SMILES string of the molecule is Cc1ccc(C(=O)n2c(C)c(C(C(=O)O)C3CCC3)c3cc(O)c(F)cc32)cc1. The van der Waals surface area contributed by atoms with E-state index in [1.54, 1.807) is 19.1 Å². The molecule has 1 aliphatic rings. The highest BCUT2D eigenvalue weighted by Gasteiger charge is 2.38. The smallest absolute Gasteiger partial charge is 0.311 e. The number of carbonyl (C=O) groups excluding carboxylic acids is 1. The van der Waals surface area contributed by atoms with Crippen LogP contribution in [0.1, 0.15) is 52.4 Å². The van der Waals surface area contributed by atoms with Gasteiger partial charge in [0, 0.05) is 22.7 Å². The summed E-state index contributed by atoms with van der Waals surface area (Å²) in [6, 6.07) is 9.36. The highest BCUT2D eigenvalue weighted by atomic mass is 19.1. The molecule has 150 valence electrons. The Bertz CT molecular complexity index is 1130. The first kappa shape index (κ1) is 19.2. The molecule has 2 N–H and O–H groups in total. The molecule has 0 saturated heterocycles. The van der Waals surface area contributed by atoms with Gasteiger partial charge < -0.3 is 10.2 Å². The van der Waals surface area contributed by atoms with E-state index in [0.717, 1.165) is 30.9 Å². The third-order valence-electron chi connectivity index (χ3n) is 6.02. The Morgan fingerprint density at radius 3 is 2.34 bits per heavy atom. The van der Waals surface area contributed by atoms with E-state index in [0.29, 0.717) is 22.2 Å². The van der Waals surface area contributed by atoms with Gasteiger partial charge in [0.1, 0.15) is 0 Å². The molecule has 5 nitrogen and oxygen atoms in total. The predicted octanol–water partition coefficient (Wildman–Crippen LogP) is 4.76. The van der Waals surface area contributed by atoms with Crippen LogP contribution >= 0.6 is 0 Å². The summed E-state index contributed by atoms with van der Waals surface area (Å²) in [6.07, 6.45) is 2.55. The molecule has 0 radical (unpaired) electrons. The fraction of sp³-hybridized carbons (Fsp3) is 0.304. The van der Waals surface area contributed by atoms with Gasteiger partial charge in [-0.3, -0.25) is 14.2 Å². The Morgan fingerprint density at radius 2 is 1.79 bits per heavy atom. The standard InChI is InChI=1S/C23H22FNO4/c1-12-6-8-15(9-7-12)22(27)25-13(2)20(21(23(28)29)14-4-3-5-14)16-10-19(26)17(24)11-18(16)25/h6-11,14,21,26H,3-5H2,1-2H3,(H,28,29). The van der Waals surface area contributed by atoms with Crippen molar-refractivity contribution < 1.29 is 24.2 Å². The Hall–Kier alpha value is -3.15. The van der Waals surface area contributed by atoms with Crippen molar-refractivity contribution in [1.82, 2.24) is 4.57 Å². The van der Waals surface area contributed by atoms with Gasteiger partial charge in [0.05, 0.1) is 11.4 Å². The molecule has 0 bridgehead atoms. The van der Waals surface area contributed by atoms with E-state index in [-0.39, 0.29) is 17.3 Å². The molecule has 4 rings (SSSR count). The minimum absolute atomic E-state index is 0.0353. The number of phenolic OH excluding ortho intramolecular Hbond substituents is 1. The normalized spacial score (nSPS) is 15.3. The minimum atomic E-state index is -0.969. The zero-order valence-corrected chi connectivity index (χ0v) is 16.3. The van der Waals surface area contributed by atoms with Crippen molar-refractivity contribution in [2.24, 2.45) is 5.92 Å². The second kappa shape index (κ2) is 7.03. The third-order valence-corrected chi connectivity index (χ3v) is 6.02. The van der Waals surface area contributed by atoms with Crippen LogP contribution in [0.3, 0.4) is 0 Å². The number of carboxylic acids is 1. The summed E-state index contributed by atoms with van der Waals surface area (Å²) in [5.74, 6) is -3.58. The number of carboxylic acid groups (broad SMARTS) is 1. The van der Waals surface area contributed by atoms with Crippen LogP contribution in [-0.4, -0.2) is 26.7 Å². The minimum Gasteiger partial charge on any atom is -0.505 e. The number of hydrogen-bond acceptors (Lipinski definition) is 3. The number of aryl methyl sites for hydroxylation is 1. The second-order valence-electron chi connectivity index (χ2n) is 7.83. The van der Waals surface area contributed by atoms with Crippen LogP contribution in [-0.2, 0) is 4.79 Å². The van der Waals surface area contributed by atoms with E-state index in [9.17, 15) is 24.2 Å². The van der Waals surface area contributed by atoms with Crippen LogP contribution < -0.4 is 0 Å². The molecule has 0 amide bonds. The molecule has 1 atom stereocenters. The van der Waals surface area contributed by atoms with Crippen molar-refractivity contribution in [3.8, 4) is 5.75 Å². The first-order valence-electron chi connectivity index (χ1n) is 9.67. The summed E-state index contributed by atoms with van der Waals surface area (Å²) in [5, 5.41) is 20.3. The fourth-order valence-electron chi connectivity index (χ4n) is 4.26. The Balaban J connectivity index is 1.98. The maximum absolute atomic E-state index is 14.2. The van der Waals surface area contributed by atoms with Crippen molar-refractivity contribution in [3.63, 3.8) is 0 Å². The van der Waals surface area contributed by atoms with Crippen LogP contribution in [0.5, 0.6) is 5.75 Å². The molecule has 1 heterocycles. The highest BCUT2D eigenvalue weighted by molar-refractivity contribution is 6.05. The quantitative estimate of drug-likeness (QED) is 0.668. The number of nitrogens with zero attached hydrogens (tertiary/aromatic N) is 1. The average Bonchev–Trinajstić information content (AvgIpc) is 2.89. The van der Waals surface area contributed by atoms with Crippen LogP contribution in [0.4, 0.5) is 4.39 Å². The van der Waals surface area contributed by atoms with Gasteiger partial charge >= 0.3 is 5.97 Å². The number of halogens is 1. The van der Waals surface area contributed by atoms with Crippen molar-refractivity contribution in [2.45, 2.75) is 39.0 Å². The summed E-state index contributed by atoms with van der Waals surface area (Å²) in [5.41, 5.74) is 2.64. The number of phenols is 1. The second-order valence-corrected chi connectivity index (χ2v) is 7.83. The van der Waals surface area contributed by atoms with E-state index in [1.807, 2.05) is 19.1 Å². The lowest BCUT2D eigenvalue weighted by atomic mass is 9.72. The summed E-state index contributed by atoms with van der Waals surface area (Å²) >= 11 is 0. The summed E-state index contributed by atoms with van der Waals surface area (Å²) in [7, 11) is 0. The number of fused-ring (bicyclic) bond motifs is 1. The van der Waals surface area contributed by atoms with E-state index in [2.05, 4.69) is 0 Å². The van der Waals surface area contributed by atoms with Crippen molar-refractivity contribution >= 4 is 22.8 Å². The molecule has 6 heteroatoms. The van der Waals surface area contributed by atoms with Gasteiger partial charge in [-0.2, -0.15) is 0 Å². The first-order chi connectivity index (χ1) is 13.8. The zero-order chi connectivity index (χ0) is 20.9. The van der Waals surface area contributed by atoms with Gasteiger partial charge in [0.25, 0.3) is 5.91 Å². The number of benzene rings is 2. The van der Waals surface area contributed by atoms with E-state index in [4.69, 9.17) is 0 Å². The van der Waals surface area contributed by atoms with Crippen LogP contribution in [0.15, 0.2) is 36.4 Å². The summed E-state index contributed by atoms with van der Waals surface area (Å²) in [6.45, 7) is 3.60. The Morgan fingerprint density at radius 1 is 1.14 bits per heavy atom. The predicted molar refractivity (Wildman–Crippen MR) is 107 cm³/mol. The lowest BCUT2D eigenvalue weighted by Crippen LogP contribution is -2.27. The molecule has 1 fully saturated rings. The van der Waals surface area contributed by atoms with Crippen LogP contribution in [0.25, 0.3) is 10.9 Å². The molecule has 0 aliphatic heterocycles. The highest BCUT2D eigenvalue weighted by Crippen LogP contribution is 2.45. The zero-order valence-electron chi connectivity index (χ0n) is 16.3. The van der Waals surface area contributed by atoms with E-state index >= 15 is 0 Å². The monoisotopic (exact) mass is 395 g/mol. The van der Waals surface area contributed by atoms with Crippen molar-refractivity contribution in [1.29, 1.82) is 0 Å². The molecule has 3 aromatic rings. The Labute approximate surface area is 167 Å². The lowest BCUT2D eigenvalue weighted by molar-refractivity contribution is -0.141. The lowest BCUT2D eigenvalue weighted by Gasteiger charge is -2.31. The number of carbonyl (C=O) groups is 2. The average molecular weight is 395 g/mol. The number of aliphatic carboxylic acids is 1. The topological polar surface area (TPSA) is 79.5 Å². The van der Waals surface area contributed by atoms with Gasteiger partial charge in [-0.25, -0.2) is 4.39 Å². The Kier molecular flexibility index (Phi) is 4.65. The van der Waals surface area contributed by atoms with Gasteiger partial charge in [0.2, 0.25) is 0 Å². The van der Waals surface area contributed by atoms with Gasteiger partial charge in [-0.1, -0.05) is 24.1 Å². The molecule has 2 aromatic carbocycles. The first-order valence-corrected chi connectivity index (χ1v) is 9.67. The van der Waals surface area contributed by atoms with Crippen LogP contribution in [0, 0.1) is 25.6 Å². The van der Waals surface area contributed by atoms with Gasteiger partial charge in [0.15, 0.2) is 11.6 Å². The summed E-state index contributed by atoms with van der Waals surface area (Å²) < 4.78 is 15.6. The maximum atomic E-state index is 14.2. The van der Waals surface area contributed by atoms with Crippen LogP contribution in [0.2, 0.25) is 0 Å². The van der Waals surface area contributed by atoms with Gasteiger partial charge in [-0.05, 0) is 56.4 Å². The van der Waals surface area contributed by atoms with Crippen molar-refractivity contribution in [3.05, 3.63) is 64.6 Å².